The summed E-state index contributed by atoms with van der Waals surface area (Å²) < 4.78 is 0.596. The molecule has 1 saturated heterocycles. The van der Waals surface area contributed by atoms with E-state index >= 15 is 0 Å². The van der Waals surface area contributed by atoms with Gasteiger partial charge in [-0.3, -0.25) is 4.48 Å². The Morgan fingerprint density at radius 2 is 2.18 bits per heavy atom. The molecule has 1 aliphatic heterocycles. The van der Waals surface area contributed by atoms with Crippen molar-refractivity contribution < 1.29 is 9.28 Å². The first-order valence-corrected chi connectivity index (χ1v) is 4.42. The van der Waals surface area contributed by atoms with Crippen LogP contribution >= 0.6 is 0 Å². The molecule has 2 nitrogen and oxygen atoms in total. The van der Waals surface area contributed by atoms with Gasteiger partial charge in [-0.05, 0) is 12.8 Å². The lowest BCUT2D eigenvalue weighted by molar-refractivity contribution is -0.821. The number of piperidine rings is 1. The minimum Gasteiger partial charge on any atom is -0.265 e. The van der Waals surface area contributed by atoms with Crippen molar-refractivity contribution >= 4 is 5.91 Å². The van der Waals surface area contributed by atoms with E-state index in [1.54, 1.807) is 0 Å². The van der Waals surface area contributed by atoms with Crippen LogP contribution in [0.1, 0.15) is 26.2 Å². The Morgan fingerprint density at radius 1 is 1.55 bits per heavy atom. The number of hydrogen-bond acceptors (Lipinski definition) is 1. The Morgan fingerprint density at radius 3 is 2.64 bits per heavy atom. The van der Waals surface area contributed by atoms with E-state index in [9.17, 15) is 4.79 Å². The third-order valence-electron chi connectivity index (χ3n) is 2.73. The van der Waals surface area contributed by atoms with Crippen molar-refractivity contribution in [1.82, 2.24) is 0 Å². The van der Waals surface area contributed by atoms with E-state index in [2.05, 4.69) is 6.92 Å². The monoisotopic (exact) mass is 156 g/mol. The van der Waals surface area contributed by atoms with Crippen molar-refractivity contribution in [2.24, 2.45) is 5.92 Å². The summed E-state index contributed by atoms with van der Waals surface area (Å²) in [5, 5.41) is 0. The lowest BCUT2D eigenvalue weighted by Gasteiger charge is -2.34. The molecule has 0 N–H and O–H groups in total. The Hall–Kier alpha value is -0.370. The highest BCUT2D eigenvalue weighted by molar-refractivity contribution is 5.69. The van der Waals surface area contributed by atoms with Crippen LogP contribution in [-0.2, 0) is 4.79 Å². The molecule has 1 unspecified atom stereocenters. The summed E-state index contributed by atoms with van der Waals surface area (Å²) in [7, 11) is 4.04. The van der Waals surface area contributed by atoms with Crippen molar-refractivity contribution in [3.63, 3.8) is 0 Å². The molecule has 0 bridgehead atoms. The minimum absolute atomic E-state index is 0.398. The van der Waals surface area contributed by atoms with E-state index in [4.69, 9.17) is 0 Å². The molecular formula is C9H18NO+. The summed E-state index contributed by atoms with van der Waals surface area (Å²) in [6.07, 6.45) is 3.11. The van der Waals surface area contributed by atoms with Gasteiger partial charge in [-0.2, -0.15) is 0 Å². The second-order valence-corrected chi connectivity index (χ2v) is 4.07. The zero-order valence-corrected chi connectivity index (χ0v) is 7.76. The van der Waals surface area contributed by atoms with Gasteiger partial charge in [0.05, 0.1) is 27.1 Å². The van der Waals surface area contributed by atoms with Crippen molar-refractivity contribution in [2.75, 3.05) is 20.6 Å². The second kappa shape index (κ2) is 2.94. The number of quaternary nitrogens is 1. The number of hydrogen-bond donors (Lipinski definition) is 0. The maximum absolute atomic E-state index is 11.3. The van der Waals surface area contributed by atoms with E-state index in [1.165, 1.54) is 6.42 Å². The average Bonchev–Trinajstić information content (AvgIpc) is 1.95. The molecule has 0 aromatic heterocycles. The van der Waals surface area contributed by atoms with Gasteiger partial charge >= 0.3 is 5.91 Å². The van der Waals surface area contributed by atoms with Gasteiger partial charge in [0.15, 0.2) is 0 Å². The van der Waals surface area contributed by atoms with Crippen LogP contribution in [0.15, 0.2) is 0 Å². The molecule has 1 rings (SSSR count). The van der Waals surface area contributed by atoms with E-state index < -0.39 is 0 Å². The summed E-state index contributed by atoms with van der Waals surface area (Å²) in [6, 6.07) is 0. The third-order valence-corrected chi connectivity index (χ3v) is 2.73. The summed E-state index contributed by atoms with van der Waals surface area (Å²) in [5.74, 6) is 1.16. The molecule has 1 fully saturated rings. The van der Waals surface area contributed by atoms with Gasteiger partial charge in [0.1, 0.15) is 0 Å². The Bertz CT molecular complexity index is 163. The Kier molecular flexibility index (Phi) is 2.33. The van der Waals surface area contributed by atoms with Crippen LogP contribution in [-0.4, -0.2) is 31.0 Å². The van der Waals surface area contributed by atoms with Crippen LogP contribution in [0.25, 0.3) is 0 Å². The average molecular weight is 156 g/mol. The van der Waals surface area contributed by atoms with Crippen molar-refractivity contribution in [1.29, 1.82) is 0 Å². The SMILES string of the molecule is CCC1CCC(=O)[N+](C)(C)C1. The molecule has 0 spiro atoms. The van der Waals surface area contributed by atoms with E-state index in [-0.39, 0.29) is 0 Å². The van der Waals surface area contributed by atoms with Crippen LogP contribution < -0.4 is 0 Å². The second-order valence-electron chi connectivity index (χ2n) is 4.07. The zero-order valence-electron chi connectivity index (χ0n) is 7.76. The first-order valence-electron chi connectivity index (χ1n) is 4.42. The molecule has 11 heavy (non-hydrogen) atoms. The summed E-state index contributed by atoms with van der Waals surface area (Å²) in [5.41, 5.74) is 0. The molecule has 1 atom stereocenters. The van der Waals surface area contributed by atoms with E-state index in [0.717, 1.165) is 25.3 Å². The molecule has 1 heterocycles. The molecule has 0 radical (unpaired) electrons. The molecule has 1 amide bonds. The lowest BCUT2D eigenvalue weighted by atomic mass is 9.94. The molecular weight excluding hydrogens is 138 g/mol. The van der Waals surface area contributed by atoms with Crippen LogP contribution in [0.2, 0.25) is 0 Å². The fraction of sp³-hybridized carbons (Fsp3) is 0.889. The Balaban J connectivity index is 2.59. The van der Waals surface area contributed by atoms with Gasteiger partial charge in [0.25, 0.3) is 0 Å². The van der Waals surface area contributed by atoms with Gasteiger partial charge in [0.2, 0.25) is 0 Å². The van der Waals surface area contributed by atoms with Crippen molar-refractivity contribution in [2.45, 2.75) is 26.2 Å². The molecule has 0 aromatic carbocycles. The van der Waals surface area contributed by atoms with Gasteiger partial charge in [-0.1, -0.05) is 6.92 Å². The molecule has 0 saturated carbocycles. The van der Waals surface area contributed by atoms with E-state index in [1.807, 2.05) is 14.1 Å². The Labute approximate surface area is 68.8 Å². The van der Waals surface area contributed by atoms with Crippen molar-refractivity contribution in [3.05, 3.63) is 0 Å². The minimum atomic E-state index is 0.398. The normalized spacial score (nSPS) is 30.5. The number of nitrogens with zero attached hydrogens (tertiary/aromatic N) is 1. The standard InChI is InChI=1S/C9H18NO/c1-4-8-5-6-9(11)10(2,3)7-8/h8H,4-7H2,1-3H3/q+1. The number of likely N-dealkylation sites (tertiary alicyclic amines) is 1. The predicted molar refractivity (Wildman–Crippen MR) is 45.0 cm³/mol. The molecule has 0 aliphatic carbocycles. The lowest BCUT2D eigenvalue weighted by Crippen LogP contribution is -2.51. The highest BCUT2D eigenvalue weighted by atomic mass is 16.2. The predicted octanol–water partition coefficient (Wildman–Crippen LogP) is 1.41. The van der Waals surface area contributed by atoms with Crippen LogP contribution in [0.3, 0.4) is 0 Å². The third kappa shape index (κ3) is 1.80. The van der Waals surface area contributed by atoms with Crippen molar-refractivity contribution in [3.8, 4) is 0 Å². The smallest absolute Gasteiger partial charge is 0.265 e. The highest BCUT2D eigenvalue weighted by Crippen LogP contribution is 2.22. The molecule has 1 aliphatic rings. The van der Waals surface area contributed by atoms with E-state index in [0.29, 0.717) is 10.4 Å². The fourth-order valence-corrected chi connectivity index (χ4v) is 1.80. The number of carbonyl (C=O) groups is 1. The van der Waals surface area contributed by atoms with Crippen LogP contribution in [0.4, 0.5) is 0 Å². The molecule has 2 heteroatoms. The zero-order chi connectivity index (χ0) is 8.48. The van der Waals surface area contributed by atoms with Crippen LogP contribution in [0.5, 0.6) is 0 Å². The molecule has 64 valence electrons. The topological polar surface area (TPSA) is 17.1 Å². The maximum atomic E-state index is 11.3. The summed E-state index contributed by atoms with van der Waals surface area (Å²) >= 11 is 0. The number of rotatable bonds is 1. The van der Waals surface area contributed by atoms with Gasteiger partial charge in [-0.15, -0.1) is 0 Å². The summed E-state index contributed by atoms with van der Waals surface area (Å²) in [6.45, 7) is 3.25. The fourth-order valence-electron chi connectivity index (χ4n) is 1.80. The maximum Gasteiger partial charge on any atom is 0.313 e. The van der Waals surface area contributed by atoms with Gasteiger partial charge < -0.3 is 0 Å². The quantitative estimate of drug-likeness (QED) is 0.525. The summed E-state index contributed by atoms with van der Waals surface area (Å²) in [4.78, 5) is 11.3. The van der Waals surface area contributed by atoms with Gasteiger partial charge in [-0.25, -0.2) is 4.79 Å². The number of carbonyl (C=O) groups excluding carboxylic acids is 1. The largest absolute Gasteiger partial charge is 0.313 e. The van der Waals surface area contributed by atoms with Gasteiger partial charge in [0, 0.05) is 5.92 Å². The van der Waals surface area contributed by atoms with Crippen LogP contribution in [0, 0.1) is 5.92 Å². The molecule has 0 aromatic rings. The number of amides is 1. The first kappa shape index (κ1) is 8.72. The highest BCUT2D eigenvalue weighted by Gasteiger charge is 2.34. The first-order chi connectivity index (χ1) is 5.06.